The molecule has 2 aliphatic rings. The Morgan fingerprint density at radius 2 is 1.93 bits per heavy atom. The lowest BCUT2D eigenvalue weighted by Crippen LogP contribution is -2.45. The van der Waals surface area contributed by atoms with Crippen molar-refractivity contribution in [2.45, 2.75) is 84.5 Å². The topological polar surface area (TPSA) is 129 Å². The van der Waals surface area contributed by atoms with Gasteiger partial charge in [-0.3, -0.25) is 23.4 Å². The highest BCUT2D eigenvalue weighted by Gasteiger charge is 2.65. The van der Waals surface area contributed by atoms with Gasteiger partial charge in [0.15, 0.2) is 6.23 Å². The third-order valence-corrected chi connectivity index (χ3v) is 6.13. The van der Waals surface area contributed by atoms with E-state index in [0.29, 0.717) is 12.0 Å². The minimum atomic E-state index is -4.46. The Hall–Kier alpha value is -1.29. The second-order valence-electron chi connectivity index (χ2n) is 10.3. The highest BCUT2D eigenvalue weighted by atomic mass is 31.2. The molecule has 1 unspecified atom stereocenters. The molecule has 1 aromatic heterocycles. The van der Waals surface area contributed by atoms with Gasteiger partial charge in [0.1, 0.15) is 17.8 Å². The quantitative estimate of drug-likeness (QED) is 0.659. The predicted molar refractivity (Wildman–Crippen MR) is 108 cm³/mol. The molecule has 0 aliphatic carbocycles. The van der Waals surface area contributed by atoms with Crippen molar-refractivity contribution in [2.75, 3.05) is 6.61 Å². The molecule has 2 fully saturated rings. The second-order valence-corrected chi connectivity index (χ2v) is 11.6. The Morgan fingerprint density at radius 1 is 1.30 bits per heavy atom. The Balaban J connectivity index is 2.01. The summed E-state index contributed by atoms with van der Waals surface area (Å²) in [7, 11) is -4.46. The Morgan fingerprint density at radius 3 is 2.50 bits per heavy atom. The fourth-order valence-electron chi connectivity index (χ4n) is 4.10. The summed E-state index contributed by atoms with van der Waals surface area (Å²) in [5.41, 5.74) is -3.02. The van der Waals surface area contributed by atoms with Crippen molar-refractivity contribution in [3.8, 4) is 0 Å². The molecule has 10 nitrogen and oxygen atoms in total. The van der Waals surface area contributed by atoms with Crippen LogP contribution in [0.15, 0.2) is 15.8 Å². The summed E-state index contributed by atoms with van der Waals surface area (Å²) < 4.78 is 37.0. The van der Waals surface area contributed by atoms with E-state index in [4.69, 9.17) is 18.5 Å². The van der Waals surface area contributed by atoms with Crippen molar-refractivity contribution < 1.29 is 28.0 Å². The maximum atomic E-state index is 12.7. The second kappa shape index (κ2) is 7.39. The average Bonchev–Trinajstić information content (AvgIpc) is 2.96. The molecule has 2 saturated heterocycles. The molecule has 3 rings (SSSR count). The first-order valence-corrected chi connectivity index (χ1v) is 11.4. The Kier molecular flexibility index (Phi) is 5.76. The number of rotatable bonds is 5. The number of aromatic amines is 1. The number of ether oxygens (including phenoxy) is 2. The number of aryl methyl sites for hydroxylation is 1. The lowest BCUT2D eigenvalue weighted by atomic mass is 9.80. The third-order valence-electron chi connectivity index (χ3n) is 4.86. The van der Waals surface area contributed by atoms with Crippen LogP contribution in [0, 0.1) is 12.3 Å². The number of aromatic nitrogens is 2. The zero-order chi connectivity index (χ0) is 22.7. The minimum Gasteiger partial charge on any atom is -0.368 e. The highest BCUT2D eigenvalue weighted by Crippen LogP contribution is 2.58. The largest absolute Gasteiger partial charge is 0.473 e. The Bertz CT molecular complexity index is 972. The molecule has 170 valence electrons. The number of fused-ring (bicyclic) bond motifs is 2. The van der Waals surface area contributed by atoms with Gasteiger partial charge in [0.05, 0.1) is 12.2 Å². The van der Waals surface area contributed by atoms with E-state index in [-0.39, 0.29) is 12.0 Å². The fraction of sp³-hybridized carbons (Fsp3) is 0.789. The molecule has 2 aliphatic heterocycles. The van der Waals surface area contributed by atoms with Gasteiger partial charge in [-0.15, -0.1) is 0 Å². The summed E-state index contributed by atoms with van der Waals surface area (Å²) in [6.45, 7) is 12.7. The summed E-state index contributed by atoms with van der Waals surface area (Å²) in [5.74, 6) is 0. The van der Waals surface area contributed by atoms with Crippen molar-refractivity contribution in [1.29, 1.82) is 0 Å². The average molecular weight is 446 g/mol. The lowest BCUT2D eigenvalue weighted by Gasteiger charge is -2.37. The van der Waals surface area contributed by atoms with Crippen LogP contribution in [0.1, 0.15) is 59.8 Å². The monoisotopic (exact) mass is 446 g/mol. The van der Waals surface area contributed by atoms with Crippen LogP contribution < -0.4 is 11.2 Å². The van der Waals surface area contributed by atoms with Gasteiger partial charge < -0.3 is 14.4 Å². The molecule has 0 spiro atoms. The van der Waals surface area contributed by atoms with Gasteiger partial charge in [0, 0.05) is 11.8 Å². The number of hydrogen-bond donors (Lipinski definition) is 2. The van der Waals surface area contributed by atoms with Crippen LogP contribution in [0.25, 0.3) is 0 Å². The molecule has 30 heavy (non-hydrogen) atoms. The van der Waals surface area contributed by atoms with Gasteiger partial charge >= 0.3 is 13.5 Å². The third kappa shape index (κ3) is 4.79. The first-order valence-electron chi connectivity index (χ1n) is 9.85. The molecule has 2 bridgehead atoms. The molecule has 0 radical (unpaired) electrons. The van der Waals surface area contributed by atoms with Crippen LogP contribution in [0.5, 0.6) is 0 Å². The van der Waals surface area contributed by atoms with Crippen molar-refractivity contribution in [2.24, 2.45) is 5.41 Å². The summed E-state index contributed by atoms with van der Waals surface area (Å²) in [5, 5.41) is 0. The number of phosphoric ester groups is 1. The molecule has 2 N–H and O–H groups in total. The number of phosphoric acid groups is 1. The van der Waals surface area contributed by atoms with Gasteiger partial charge in [-0.05, 0) is 39.5 Å². The van der Waals surface area contributed by atoms with E-state index in [2.05, 4.69) is 4.98 Å². The number of nitrogens with one attached hydrogen (secondary N) is 1. The molecular weight excluding hydrogens is 415 g/mol. The van der Waals surface area contributed by atoms with E-state index in [0.717, 1.165) is 0 Å². The fourth-order valence-corrected chi connectivity index (χ4v) is 5.43. The minimum absolute atomic E-state index is 0.142. The van der Waals surface area contributed by atoms with E-state index >= 15 is 0 Å². The van der Waals surface area contributed by atoms with Crippen molar-refractivity contribution in [3.63, 3.8) is 0 Å². The van der Waals surface area contributed by atoms with Crippen molar-refractivity contribution in [3.05, 3.63) is 32.6 Å². The normalized spacial score (nSPS) is 31.1. The lowest BCUT2D eigenvalue weighted by molar-refractivity contribution is -0.184. The molecule has 1 aromatic rings. The maximum absolute atomic E-state index is 12.7. The first-order chi connectivity index (χ1) is 13.5. The molecule has 3 heterocycles. The molecule has 0 amide bonds. The van der Waals surface area contributed by atoms with Crippen LogP contribution in [-0.4, -0.2) is 44.5 Å². The van der Waals surface area contributed by atoms with E-state index < -0.39 is 48.7 Å². The predicted octanol–water partition coefficient (Wildman–Crippen LogP) is 2.25. The van der Waals surface area contributed by atoms with Gasteiger partial charge in [0.25, 0.3) is 5.56 Å². The smallest absolute Gasteiger partial charge is 0.368 e. The van der Waals surface area contributed by atoms with Crippen molar-refractivity contribution in [1.82, 2.24) is 9.55 Å². The standard InChI is InChI=1S/C19H31N2O8P/c1-11-8-21(16(23)20-14(11)22)15-12-13(28-30(24,25)29-18(5,6)7)19(27-15,10-26-12)9-17(2,3)4/h8,12-13,15H,9-10H2,1-7H3,(H,24,25)(H,20,22,23)/t12-,13+,15-,19+/m1/s1. The van der Waals surface area contributed by atoms with E-state index in [9.17, 15) is 19.0 Å². The molecule has 0 saturated carbocycles. The summed E-state index contributed by atoms with van der Waals surface area (Å²) in [6, 6.07) is 0. The summed E-state index contributed by atoms with van der Waals surface area (Å²) >= 11 is 0. The van der Waals surface area contributed by atoms with Crippen LogP contribution in [0.3, 0.4) is 0 Å². The van der Waals surface area contributed by atoms with Crippen LogP contribution in [-0.2, 0) is 23.1 Å². The van der Waals surface area contributed by atoms with Gasteiger partial charge in [-0.2, -0.15) is 0 Å². The molecule has 5 atom stereocenters. The van der Waals surface area contributed by atoms with Crippen molar-refractivity contribution >= 4 is 7.82 Å². The van der Waals surface area contributed by atoms with Crippen LogP contribution in [0.4, 0.5) is 0 Å². The first kappa shape index (κ1) is 23.4. The highest BCUT2D eigenvalue weighted by molar-refractivity contribution is 7.47. The van der Waals surface area contributed by atoms with E-state index in [1.165, 1.54) is 10.8 Å². The summed E-state index contributed by atoms with van der Waals surface area (Å²) in [6.07, 6.45) is -0.867. The maximum Gasteiger partial charge on any atom is 0.473 e. The summed E-state index contributed by atoms with van der Waals surface area (Å²) in [4.78, 5) is 36.8. The van der Waals surface area contributed by atoms with Gasteiger partial charge in [-0.25, -0.2) is 9.36 Å². The Labute approximate surface area is 175 Å². The van der Waals surface area contributed by atoms with Crippen LogP contribution >= 0.6 is 7.82 Å². The zero-order valence-electron chi connectivity index (χ0n) is 18.4. The van der Waals surface area contributed by atoms with E-state index in [1.807, 2.05) is 20.8 Å². The van der Waals surface area contributed by atoms with Crippen LogP contribution in [0.2, 0.25) is 0 Å². The van der Waals surface area contributed by atoms with E-state index in [1.54, 1.807) is 27.7 Å². The number of hydrogen-bond acceptors (Lipinski definition) is 7. The van der Waals surface area contributed by atoms with Gasteiger partial charge in [-0.1, -0.05) is 20.8 Å². The molecule has 11 heteroatoms. The molecule has 0 aromatic carbocycles. The zero-order valence-corrected chi connectivity index (χ0v) is 19.3. The number of nitrogens with zero attached hydrogens (tertiary/aromatic N) is 1. The number of H-pyrrole nitrogens is 1. The van der Waals surface area contributed by atoms with Gasteiger partial charge in [0.2, 0.25) is 0 Å². The SMILES string of the molecule is Cc1cn([C@@H]2O[C@@]3(CC(C)(C)C)CO[C@@H]2[C@@H]3OP(=O)(O)OC(C)(C)C)c(=O)[nH]c1=O. The molecular formula is C19H31N2O8P.